The topological polar surface area (TPSA) is 232 Å². The highest BCUT2D eigenvalue weighted by Crippen LogP contribution is 2.40. The summed E-state index contributed by atoms with van der Waals surface area (Å²) in [6.45, 7) is 12.5. The van der Waals surface area contributed by atoms with Crippen LogP contribution in [-0.2, 0) is 31.0 Å². The number of likely N-dealkylation sites (N-methyl/N-ethyl adjacent to an activating group) is 1. The molecule has 1 aliphatic heterocycles. The van der Waals surface area contributed by atoms with Crippen LogP contribution < -0.4 is 21.5 Å². The number of Topliss-reactive ketones (excluding diaryl/α,β-unsaturated/α-hetero) is 3. The van der Waals surface area contributed by atoms with E-state index in [9.17, 15) is 34.3 Å². The van der Waals surface area contributed by atoms with Gasteiger partial charge in [0.05, 0.1) is 35.7 Å². The first-order chi connectivity index (χ1) is 31.9. The number of phenolic OH excluding ortho intramolecular Hbond substituents is 1. The number of amides is 2. The fourth-order valence-electron chi connectivity index (χ4n) is 8.67. The van der Waals surface area contributed by atoms with Crippen molar-refractivity contribution in [1.29, 1.82) is 5.26 Å². The third-order valence-electron chi connectivity index (χ3n) is 12.5. The van der Waals surface area contributed by atoms with E-state index < -0.39 is 41.5 Å². The zero-order valence-corrected chi connectivity index (χ0v) is 40.1. The number of fused-ring (bicyclic) bond motifs is 5. The van der Waals surface area contributed by atoms with Crippen LogP contribution in [0.3, 0.4) is 0 Å². The first-order valence-electron chi connectivity index (χ1n) is 23.4. The molecule has 0 fully saturated rings. The minimum absolute atomic E-state index is 0.0306. The summed E-state index contributed by atoms with van der Waals surface area (Å²) >= 11 is 0. The average molecular weight is 914 g/mol. The van der Waals surface area contributed by atoms with Gasteiger partial charge in [-0.25, -0.2) is 9.97 Å². The van der Waals surface area contributed by atoms with Gasteiger partial charge in [0.2, 0.25) is 11.8 Å². The van der Waals surface area contributed by atoms with Crippen molar-refractivity contribution < 1.29 is 33.8 Å². The van der Waals surface area contributed by atoms with Gasteiger partial charge < -0.3 is 31.5 Å². The molecule has 4 aromatic rings. The normalized spacial score (nSPS) is 16.9. The predicted octanol–water partition coefficient (Wildman–Crippen LogP) is 7.58. The van der Waals surface area contributed by atoms with Crippen LogP contribution in [-0.4, -0.2) is 81.9 Å². The van der Waals surface area contributed by atoms with Gasteiger partial charge in [0, 0.05) is 61.3 Å². The van der Waals surface area contributed by atoms with E-state index in [-0.39, 0.29) is 67.8 Å². The van der Waals surface area contributed by atoms with Gasteiger partial charge in [0.1, 0.15) is 17.5 Å². The second kappa shape index (κ2) is 23.4. The largest absolute Gasteiger partial charge is 0.507 e. The van der Waals surface area contributed by atoms with Crippen molar-refractivity contribution in [3.63, 3.8) is 0 Å². The molecule has 2 amide bonds. The summed E-state index contributed by atoms with van der Waals surface area (Å²) in [5, 5.41) is 23.5. The molecule has 0 aliphatic carbocycles. The molecule has 14 nitrogen and oxygen atoms in total. The maximum absolute atomic E-state index is 14.8. The molecule has 5 rings (SSSR count). The van der Waals surface area contributed by atoms with Crippen molar-refractivity contribution >= 4 is 29.2 Å². The molecule has 0 radical (unpaired) electrons. The van der Waals surface area contributed by atoms with E-state index in [1.54, 1.807) is 51.1 Å². The van der Waals surface area contributed by atoms with Crippen LogP contribution in [0.25, 0.3) is 22.5 Å². The molecule has 4 bridgehead atoms. The van der Waals surface area contributed by atoms with E-state index in [4.69, 9.17) is 26.2 Å². The number of nitrogens with zero attached hydrogens (tertiary/aromatic N) is 4. The Kier molecular flexibility index (Phi) is 18.1. The number of hydrogen-bond donors (Lipinski definition) is 4. The third kappa shape index (κ3) is 13.2. The first-order valence-corrected chi connectivity index (χ1v) is 23.4. The molecule has 0 spiro atoms. The van der Waals surface area contributed by atoms with Crippen LogP contribution in [0.2, 0.25) is 0 Å². The fourth-order valence-corrected chi connectivity index (χ4v) is 8.67. The summed E-state index contributed by atoms with van der Waals surface area (Å²) in [6, 6.07) is 17.7. The van der Waals surface area contributed by atoms with Gasteiger partial charge in [-0.05, 0) is 99.0 Å². The van der Waals surface area contributed by atoms with Crippen LogP contribution in [0, 0.1) is 37.0 Å². The molecule has 3 aromatic carbocycles. The van der Waals surface area contributed by atoms with Crippen molar-refractivity contribution in [1.82, 2.24) is 20.2 Å². The Balaban J connectivity index is 1.54. The molecule has 2 heterocycles. The summed E-state index contributed by atoms with van der Waals surface area (Å²) in [4.78, 5) is 81.7. The number of carbonyl (C=O) groups excluding carboxylic acids is 5. The molecule has 14 heteroatoms. The lowest BCUT2D eigenvalue weighted by Gasteiger charge is -2.32. The Morgan fingerprint density at radius 2 is 1.61 bits per heavy atom. The van der Waals surface area contributed by atoms with E-state index in [1.165, 1.54) is 18.0 Å². The summed E-state index contributed by atoms with van der Waals surface area (Å²) in [7, 11) is 1.50. The van der Waals surface area contributed by atoms with Gasteiger partial charge in [0.25, 0.3) is 0 Å². The first kappa shape index (κ1) is 51.7. The number of hydrogen-bond acceptors (Lipinski definition) is 12. The molecule has 67 heavy (non-hydrogen) atoms. The highest BCUT2D eigenvalue weighted by atomic mass is 16.5. The minimum atomic E-state index is -1.25. The number of nitrogens with one attached hydrogen (secondary N) is 1. The molecule has 0 unspecified atom stereocenters. The van der Waals surface area contributed by atoms with Gasteiger partial charge in [-0.2, -0.15) is 5.26 Å². The number of ether oxygens (including phenoxy) is 1. The summed E-state index contributed by atoms with van der Waals surface area (Å²) in [6.07, 6.45) is 3.05. The van der Waals surface area contributed by atoms with E-state index >= 15 is 0 Å². The van der Waals surface area contributed by atoms with Crippen LogP contribution >= 0.6 is 0 Å². The number of aryl methyl sites for hydroxylation is 2. The smallest absolute Gasteiger partial charge is 0.226 e. The number of aromatic hydroxyl groups is 1. The van der Waals surface area contributed by atoms with Crippen LogP contribution in [0.5, 0.6) is 11.5 Å². The van der Waals surface area contributed by atoms with Crippen molar-refractivity contribution in [3.8, 4) is 40.1 Å². The standard InChI is InChI=1S/C53H67N7O7/c1-32-27-46(64)49(60(7)52(66)38(22-25-56)31-45(63)48-33(2)57-50(58-34(48)3)36-15-18-39(19-16-36)53(4,5)6)37-17-21-47(67-26-11-9-8-10-23-54)41(30-37)40-28-35(14-20-43(40)61)29-42(59-51(32)65)44(62)13-12-24-55/h14-21,28,30,32,38,42,49,61H,8-13,22-23,25-27,29,31,54,56H2,1-7H3,(H,59,65)/t32-,38-,42+,49+/m1/s1. The summed E-state index contributed by atoms with van der Waals surface area (Å²) < 4.78 is 6.34. The summed E-state index contributed by atoms with van der Waals surface area (Å²) in [5.41, 5.74) is 16.8. The third-order valence-corrected chi connectivity index (χ3v) is 12.5. The number of benzene rings is 3. The second-order valence-corrected chi connectivity index (χ2v) is 18.8. The molecular formula is C53H67N7O7. The lowest BCUT2D eigenvalue weighted by Crippen LogP contribution is -2.46. The quantitative estimate of drug-likeness (QED) is 0.0559. The van der Waals surface area contributed by atoms with Gasteiger partial charge in [-0.1, -0.05) is 76.9 Å². The van der Waals surface area contributed by atoms with Crippen molar-refractivity contribution in [2.45, 2.75) is 123 Å². The van der Waals surface area contributed by atoms with Crippen molar-refractivity contribution in [2.75, 3.05) is 26.7 Å². The number of rotatable bonds is 18. The van der Waals surface area contributed by atoms with Gasteiger partial charge >= 0.3 is 0 Å². The Labute approximate surface area is 394 Å². The zero-order valence-electron chi connectivity index (χ0n) is 40.1. The zero-order chi connectivity index (χ0) is 49.0. The SMILES string of the molecule is Cc1nc(-c2ccc(C(C)(C)C)cc2)nc(C)c1C(=O)C[C@@H](CCN)C(=O)N(C)[C@@H]1C(=O)C[C@@H](C)C(=O)N[C@H](C(=O)CCC#N)Cc2ccc(O)c(c2)-c2cc1ccc2OCCCCCCN. The lowest BCUT2D eigenvalue weighted by atomic mass is 9.86. The van der Waals surface area contributed by atoms with Crippen molar-refractivity contribution in [2.24, 2.45) is 23.3 Å². The Morgan fingerprint density at radius 3 is 2.25 bits per heavy atom. The van der Waals surface area contributed by atoms with Crippen LogP contribution in [0.1, 0.15) is 130 Å². The molecule has 356 valence electrons. The van der Waals surface area contributed by atoms with Crippen LogP contribution in [0.4, 0.5) is 0 Å². The van der Waals surface area contributed by atoms with E-state index in [0.717, 1.165) is 36.8 Å². The van der Waals surface area contributed by atoms with E-state index in [0.29, 0.717) is 63.9 Å². The number of aromatic nitrogens is 2. The second-order valence-electron chi connectivity index (χ2n) is 18.8. The number of ketones is 3. The molecule has 6 N–H and O–H groups in total. The summed E-state index contributed by atoms with van der Waals surface area (Å²) in [5.74, 6) is -3.25. The number of phenols is 1. The number of nitriles is 1. The number of carbonyl (C=O) groups is 5. The maximum Gasteiger partial charge on any atom is 0.226 e. The van der Waals surface area contributed by atoms with Gasteiger partial charge in [-0.3, -0.25) is 24.0 Å². The monoisotopic (exact) mass is 914 g/mol. The molecule has 0 saturated heterocycles. The predicted molar refractivity (Wildman–Crippen MR) is 258 cm³/mol. The average Bonchev–Trinajstić information content (AvgIpc) is 3.28. The highest BCUT2D eigenvalue weighted by molar-refractivity contribution is 6.01. The molecular weight excluding hydrogens is 847 g/mol. The highest BCUT2D eigenvalue weighted by Gasteiger charge is 2.36. The maximum atomic E-state index is 14.8. The molecule has 1 aromatic heterocycles. The Morgan fingerprint density at radius 1 is 0.925 bits per heavy atom. The van der Waals surface area contributed by atoms with Crippen LogP contribution in [0.15, 0.2) is 60.7 Å². The molecule has 1 aliphatic rings. The lowest BCUT2D eigenvalue weighted by molar-refractivity contribution is -0.142. The Bertz CT molecular complexity index is 2450. The number of unbranched alkanes of at least 4 members (excludes halogenated alkanes) is 3. The van der Waals surface area contributed by atoms with Gasteiger partial charge in [0.15, 0.2) is 23.2 Å². The van der Waals surface area contributed by atoms with E-state index in [2.05, 4.69) is 26.1 Å². The van der Waals surface area contributed by atoms with Gasteiger partial charge in [-0.15, -0.1) is 0 Å². The van der Waals surface area contributed by atoms with Crippen molar-refractivity contribution in [3.05, 3.63) is 94.3 Å². The fraction of sp³-hybridized carbons (Fsp3) is 0.472. The number of nitrogens with two attached hydrogens (primary N) is 2. The molecule has 4 atom stereocenters. The Hall–Kier alpha value is -6.30. The molecule has 0 saturated carbocycles. The minimum Gasteiger partial charge on any atom is -0.507 e. The van der Waals surface area contributed by atoms with E-state index in [1.807, 2.05) is 30.3 Å².